The zero-order valence-electron chi connectivity index (χ0n) is 12.9. The zero-order valence-corrected chi connectivity index (χ0v) is 12.9. The van der Waals surface area contributed by atoms with E-state index in [1.807, 2.05) is 0 Å². The summed E-state index contributed by atoms with van der Waals surface area (Å²) in [7, 11) is 0. The summed E-state index contributed by atoms with van der Waals surface area (Å²) >= 11 is 0. The first kappa shape index (κ1) is 17.0. The molecule has 0 spiro atoms. The molecule has 4 nitrogen and oxygen atoms in total. The Bertz CT molecular complexity index is 815. The Morgan fingerprint density at radius 1 is 1.12 bits per heavy atom. The maximum absolute atomic E-state index is 12.7. The van der Waals surface area contributed by atoms with Crippen molar-refractivity contribution in [3.05, 3.63) is 70.8 Å². The molecule has 1 aliphatic rings. The number of halogens is 3. The van der Waals surface area contributed by atoms with Crippen molar-refractivity contribution in [3.63, 3.8) is 0 Å². The third-order valence-electron chi connectivity index (χ3n) is 4.21. The highest BCUT2D eigenvalue weighted by atomic mass is 19.4. The fraction of sp³-hybridized carbons (Fsp3) is 0.222. The number of aliphatic carboxylic acids is 1. The van der Waals surface area contributed by atoms with Crippen molar-refractivity contribution in [1.29, 1.82) is 0 Å². The van der Waals surface area contributed by atoms with Crippen LogP contribution in [-0.4, -0.2) is 16.8 Å². The van der Waals surface area contributed by atoms with Crippen LogP contribution in [0.15, 0.2) is 48.5 Å². The van der Waals surface area contributed by atoms with Gasteiger partial charge in [-0.3, -0.25) is 4.79 Å². The van der Waals surface area contributed by atoms with E-state index in [1.54, 1.807) is 24.3 Å². The minimum absolute atomic E-state index is 0.202. The summed E-state index contributed by atoms with van der Waals surface area (Å²) in [6.45, 7) is 0.202. The molecule has 1 atom stereocenters. The van der Waals surface area contributed by atoms with Crippen LogP contribution in [0.5, 0.6) is 0 Å². The van der Waals surface area contributed by atoms with Gasteiger partial charge in [-0.2, -0.15) is 13.2 Å². The minimum Gasteiger partial charge on any atom is -0.550 e. The highest BCUT2D eigenvalue weighted by Crippen LogP contribution is 2.35. The van der Waals surface area contributed by atoms with E-state index < -0.39 is 30.2 Å². The van der Waals surface area contributed by atoms with Gasteiger partial charge in [0.15, 0.2) is 0 Å². The molecule has 0 bridgehead atoms. The maximum atomic E-state index is 12.7. The fourth-order valence-corrected chi connectivity index (χ4v) is 2.99. The third kappa shape index (κ3) is 3.35. The Labute approximate surface area is 141 Å². The molecular formula is C18H13F3NO3-. The van der Waals surface area contributed by atoms with Crippen LogP contribution in [0.2, 0.25) is 0 Å². The molecule has 0 saturated carbocycles. The van der Waals surface area contributed by atoms with Crippen molar-refractivity contribution in [3.8, 4) is 0 Å². The summed E-state index contributed by atoms with van der Waals surface area (Å²) in [4.78, 5) is 25.0. The van der Waals surface area contributed by atoms with E-state index in [0.717, 1.165) is 17.7 Å². The van der Waals surface area contributed by atoms with Crippen molar-refractivity contribution in [2.24, 2.45) is 0 Å². The number of carbonyl (C=O) groups is 2. The molecule has 2 aromatic rings. The molecule has 130 valence electrons. The van der Waals surface area contributed by atoms with E-state index in [-0.39, 0.29) is 12.5 Å². The van der Waals surface area contributed by atoms with Crippen LogP contribution in [-0.2, 0) is 17.5 Å². The molecule has 0 N–H and O–H groups in total. The summed E-state index contributed by atoms with van der Waals surface area (Å²) in [6, 6.07) is 10.1. The Kier molecular flexibility index (Phi) is 4.24. The van der Waals surface area contributed by atoms with E-state index in [9.17, 15) is 27.9 Å². The molecular weight excluding hydrogens is 335 g/mol. The minimum atomic E-state index is -4.48. The highest BCUT2D eigenvalue weighted by molar-refractivity contribution is 5.98. The molecule has 0 fully saturated rings. The van der Waals surface area contributed by atoms with Gasteiger partial charge >= 0.3 is 6.18 Å². The molecule has 1 heterocycles. The lowest BCUT2D eigenvalue weighted by Gasteiger charge is -2.29. The van der Waals surface area contributed by atoms with Crippen LogP contribution < -0.4 is 5.11 Å². The van der Waals surface area contributed by atoms with Crippen LogP contribution in [0.3, 0.4) is 0 Å². The van der Waals surface area contributed by atoms with Crippen LogP contribution in [0.1, 0.15) is 39.5 Å². The first-order valence-electron chi connectivity index (χ1n) is 7.53. The smallest absolute Gasteiger partial charge is 0.416 e. The van der Waals surface area contributed by atoms with Crippen LogP contribution in [0.25, 0.3) is 0 Å². The Morgan fingerprint density at radius 2 is 1.76 bits per heavy atom. The number of hydrogen-bond donors (Lipinski definition) is 0. The lowest BCUT2D eigenvalue weighted by atomic mass is 10.0. The summed E-state index contributed by atoms with van der Waals surface area (Å²) in [6.07, 6.45) is -4.98. The molecule has 2 aromatic carbocycles. The quantitative estimate of drug-likeness (QED) is 0.853. The molecule has 0 aromatic heterocycles. The van der Waals surface area contributed by atoms with Gasteiger partial charge < -0.3 is 14.8 Å². The number of fused-ring (bicyclic) bond motifs is 1. The van der Waals surface area contributed by atoms with Crippen molar-refractivity contribution in [2.45, 2.75) is 25.2 Å². The van der Waals surface area contributed by atoms with Crippen molar-refractivity contribution < 1.29 is 27.9 Å². The lowest BCUT2D eigenvalue weighted by Crippen LogP contribution is -2.34. The SMILES string of the molecule is O=C([O-])C[C@H](c1ccc(C(F)(F)F)cc1)N1Cc2ccccc2C1=O. The molecule has 0 saturated heterocycles. The second kappa shape index (κ2) is 6.23. The Morgan fingerprint density at radius 3 is 2.32 bits per heavy atom. The summed E-state index contributed by atoms with van der Waals surface area (Å²) in [5, 5.41) is 11.1. The standard InChI is InChI=1S/C18H14F3NO3/c19-18(20,21)13-7-5-11(6-8-13)15(9-16(23)24)22-10-12-3-1-2-4-14(12)17(22)25/h1-8,15H,9-10H2,(H,23,24)/p-1/t15-/m1/s1. The van der Waals surface area contributed by atoms with Crippen LogP contribution in [0.4, 0.5) is 13.2 Å². The van der Waals surface area contributed by atoms with Gasteiger partial charge in [-0.1, -0.05) is 30.3 Å². The third-order valence-corrected chi connectivity index (χ3v) is 4.21. The predicted molar refractivity (Wildman–Crippen MR) is 80.1 cm³/mol. The topological polar surface area (TPSA) is 60.4 Å². The Hall–Kier alpha value is -2.83. The molecule has 25 heavy (non-hydrogen) atoms. The largest absolute Gasteiger partial charge is 0.550 e. The van der Waals surface area contributed by atoms with Gasteiger partial charge in [0.1, 0.15) is 0 Å². The van der Waals surface area contributed by atoms with Crippen molar-refractivity contribution in [1.82, 2.24) is 4.90 Å². The van der Waals surface area contributed by atoms with Gasteiger partial charge in [0.05, 0.1) is 11.6 Å². The predicted octanol–water partition coefficient (Wildman–Crippen LogP) is 2.54. The van der Waals surface area contributed by atoms with Crippen molar-refractivity contribution in [2.75, 3.05) is 0 Å². The number of alkyl halides is 3. The monoisotopic (exact) mass is 348 g/mol. The second-order valence-corrected chi connectivity index (χ2v) is 5.80. The highest BCUT2D eigenvalue weighted by Gasteiger charge is 2.34. The number of amides is 1. The van der Waals surface area contributed by atoms with Gasteiger partial charge in [0, 0.05) is 24.5 Å². The van der Waals surface area contributed by atoms with Gasteiger partial charge in [-0.05, 0) is 29.3 Å². The lowest BCUT2D eigenvalue weighted by molar-refractivity contribution is -0.306. The molecule has 7 heteroatoms. The second-order valence-electron chi connectivity index (χ2n) is 5.80. The molecule has 0 aliphatic carbocycles. The average molecular weight is 348 g/mol. The van der Waals surface area contributed by atoms with E-state index >= 15 is 0 Å². The number of nitrogens with zero attached hydrogens (tertiary/aromatic N) is 1. The number of carboxylic acid groups (broad SMARTS) is 1. The Balaban J connectivity index is 1.94. The van der Waals surface area contributed by atoms with Crippen LogP contribution in [0, 0.1) is 0 Å². The van der Waals surface area contributed by atoms with E-state index in [1.165, 1.54) is 17.0 Å². The molecule has 0 unspecified atom stereocenters. The first-order chi connectivity index (χ1) is 11.8. The first-order valence-corrected chi connectivity index (χ1v) is 7.53. The average Bonchev–Trinajstić information content (AvgIpc) is 2.89. The fourth-order valence-electron chi connectivity index (χ4n) is 2.99. The number of rotatable bonds is 4. The van der Waals surface area contributed by atoms with Crippen LogP contribution >= 0.6 is 0 Å². The summed E-state index contributed by atoms with van der Waals surface area (Å²) < 4.78 is 38.1. The zero-order chi connectivity index (χ0) is 18.2. The van der Waals surface area contributed by atoms with Gasteiger partial charge in [0.2, 0.25) is 0 Å². The van der Waals surface area contributed by atoms with Gasteiger partial charge in [-0.25, -0.2) is 0 Å². The van der Waals surface area contributed by atoms with E-state index in [2.05, 4.69) is 0 Å². The van der Waals surface area contributed by atoms with Crippen molar-refractivity contribution >= 4 is 11.9 Å². The number of benzene rings is 2. The number of carbonyl (C=O) groups excluding carboxylic acids is 2. The van der Waals surface area contributed by atoms with Gasteiger partial charge in [-0.15, -0.1) is 0 Å². The van der Waals surface area contributed by atoms with E-state index in [0.29, 0.717) is 11.1 Å². The molecule has 0 radical (unpaired) electrons. The summed E-state index contributed by atoms with van der Waals surface area (Å²) in [5.74, 6) is -1.73. The number of carboxylic acids is 1. The van der Waals surface area contributed by atoms with Gasteiger partial charge in [0.25, 0.3) is 5.91 Å². The van der Waals surface area contributed by atoms with E-state index in [4.69, 9.17) is 0 Å². The normalized spacial score (nSPS) is 15.2. The maximum Gasteiger partial charge on any atom is 0.416 e. The molecule has 1 aliphatic heterocycles. The molecule has 1 amide bonds. The number of hydrogen-bond acceptors (Lipinski definition) is 3. The summed E-state index contributed by atoms with van der Waals surface area (Å²) in [5.41, 5.74) is 0.707. The molecule has 3 rings (SSSR count).